The number of carbonyl (C=O) groups excluding carboxylic acids is 1. The summed E-state index contributed by atoms with van der Waals surface area (Å²) in [6.07, 6.45) is 0. The van der Waals surface area contributed by atoms with Gasteiger partial charge in [-0.25, -0.2) is 17.9 Å². The Bertz CT molecular complexity index is 943. The van der Waals surface area contributed by atoms with Crippen molar-refractivity contribution in [3.8, 4) is 0 Å². The summed E-state index contributed by atoms with van der Waals surface area (Å²) in [5.41, 5.74) is 2.77. The van der Waals surface area contributed by atoms with Gasteiger partial charge in [0.05, 0.1) is 11.4 Å². The first-order chi connectivity index (χ1) is 12.5. The normalized spacial score (nSPS) is 12.9. The van der Waals surface area contributed by atoms with Crippen LogP contribution in [0.5, 0.6) is 0 Å². The van der Waals surface area contributed by atoms with Gasteiger partial charge in [0.25, 0.3) is 0 Å². The van der Waals surface area contributed by atoms with E-state index in [0.717, 1.165) is 11.1 Å². The topological polar surface area (TPSA) is 92.5 Å². The molecule has 0 fully saturated rings. The second kappa shape index (κ2) is 8.16. The number of amides is 1. The number of rotatable bonds is 6. The average molecular weight is 393 g/mol. The number of sulfonamides is 1. The summed E-state index contributed by atoms with van der Waals surface area (Å²) < 4.78 is 36.3. The fraction of sp³-hybridized carbons (Fsp3) is 0.316. The van der Waals surface area contributed by atoms with Crippen molar-refractivity contribution in [2.75, 3.05) is 18.9 Å². The van der Waals surface area contributed by atoms with E-state index in [4.69, 9.17) is 5.14 Å². The van der Waals surface area contributed by atoms with Crippen LogP contribution in [0, 0.1) is 19.7 Å². The average Bonchev–Trinajstić information content (AvgIpc) is 2.57. The molecule has 0 aliphatic carbocycles. The molecule has 2 aromatic carbocycles. The Hall–Kier alpha value is -2.29. The third-order valence-corrected chi connectivity index (χ3v) is 5.54. The van der Waals surface area contributed by atoms with Crippen molar-refractivity contribution in [3.63, 3.8) is 0 Å². The van der Waals surface area contributed by atoms with Crippen LogP contribution in [0.1, 0.15) is 29.7 Å². The predicted octanol–water partition coefficient (Wildman–Crippen LogP) is 2.72. The number of carbonyl (C=O) groups is 1. The molecule has 27 heavy (non-hydrogen) atoms. The Morgan fingerprint density at radius 1 is 1.22 bits per heavy atom. The van der Waals surface area contributed by atoms with Crippen LogP contribution in [0.25, 0.3) is 0 Å². The fourth-order valence-corrected chi connectivity index (χ4v) is 3.29. The monoisotopic (exact) mass is 393 g/mol. The Kier molecular flexibility index (Phi) is 6.35. The molecule has 146 valence electrons. The van der Waals surface area contributed by atoms with Crippen LogP contribution in [0.2, 0.25) is 0 Å². The number of aryl methyl sites for hydroxylation is 1. The molecule has 0 bridgehead atoms. The Labute approximate surface area is 159 Å². The summed E-state index contributed by atoms with van der Waals surface area (Å²) in [6, 6.07) is 8.85. The van der Waals surface area contributed by atoms with E-state index in [1.165, 1.54) is 24.3 Å². The largest absolute Gasteiger partial charge is 0.325 e. The van der Waals surface area contributed by atoms with E-state index in [0.29, 0.717) is 11.3 Å². The van der Waals surface area contributed by atoms with Gasteiger partial charge in [-0.05, 0) is 68.8 Å². The summed E-state index contributed by atoms with van der Waals surface area (Å²) in [5.74, 6) is -0.604. The third kappa shape index (κ3) is 5.35. The molecule has 0 aliphatic heterocycles. The highest BCUT2D eigenvalue weighted by Gasteiger charge is 2.17. The van der Waals surface area contributed by atoms with Crippen molar-refractivity contribution in [1.82, 2.24) is 4.90 Å². The number of anilines is 1. The lowest BCUT2D eigenvalue weighted by atomic mass is 10.1. The van der Waals surface area contributed by atoms with Gasteiger partial charge in [-0.15, -0.1) is 0 Å². The minimum absolute atomic E-state index is 0.0473. The summed E-state index contributed by atoms with van der Waals surface area (Å²) in [5, 5.41) is 7.94. The predicted molar refractivity (Wildman–Crippen MR) is 103 cm³/mol. The SMILES string of the molecule is Cc1cc(S(N)(=O)=O)cc(NC(=O)CN(C)C(C)c2ccc(F)cc2)c1C. The van der Waals surface area contributed by atoms with Gasteiger partial charge < -0.3 is 5.32 Å². The van der Waals surface area contributed by atoms with E-state index in [-0.39, 0.29) is 29.2 Å². The minimum atomic E-state index is -3.87. The molecule has 0 spiro atoms. The molecule has 6 nitrogen and oxygen atoms in total. The van der Waals surface area contributed by atoms with Crippen molar-refractivity contribution in [2.24, 2.45) is 5.14 Å². The second-order valence-corrected chi connectivity index (χ2v) is 8.21. The zero-order valence-corrected chi connectivity index (χ0v) is 16.6. The lowest BCUT2D eigenvalue weighted by Crippen LogP contribution is -2.32. The number of hydrogen-bond acceptors (Lipinski definition) is 4. The molecule has 0 saturated heterocycles. The molecule has 0 aromatic heterocycles. The van der Waals surface area contributed by atoms with Gasteiger partial charge >= 0.3 is 0 Å². The molecular weight excluding hydrogens is 369 g/mol. The molecule has 2 rings (SSSR count). The second-order valence-electron chi connectivity index (χ2n) is 6.65. The first-order valence-corrected chi connectivity index (χ1v) is 9.93. The van der Waals surface area contributed by atoms with Gasteiger partial charge in [0.1, 0.15) is 5.82 Å². The van der Waals surface area contributed by atoms with E-state index < -0.39 is 10.0 Å². The molecular formula is C19H24FN3O3S. The van der Waals surface area contributed by atoms with Crippen LogP contribution in [-0.4, -0.2) is 32.8 Å². The molecule has 0 heterocycles. The highest BCUT2D eigenvalue weighted by Crippen LogP contribution is 2.24. The molecule has 0 aliphatic rings. The van der Waals surface area contributed by atoms with Crippen LogP contribution in [0.4, 0.5) is 10.1 Å². The highest BCUT2D eigenvalue weighted by atomic mass is 32.2. The zero-order valence-electron chi connectivity index (χ0n) is 15.8. The van der Waals surface area contributed by atoms with Gasteiger partial charge in [-0.3, -0.25) is 9.69 Å². The smallest absolute Gasteiger partial charge is 0.238 e. The number of nitrogens with one attached hydrogen (secondary N) is 1. The maximum absolute atomic E-state index is 13.1. The van der Waals surface area contributed by atoms with Crippen molar-refractivity contribution in [2.45, 2.75) is 31.7 Å². The van der Waals surface area contributed by atoms with E-state index >= 15 is 0 Å². The van der Waals surface area contributed by atoms with Gasteiger partial charge in [-0.1, -0.05) is 12.1 Å². The Balaban J connectivity index is 2.13. The summed E-state index contributed by atoms with van der Waals surface area (Å²) in [7, 11) is -2.08. The molecule has 8 heteroatoms. The molecule has 1 atom stereocenters. The zero-order chi connectivity index (χ0) is 20.4. The van der Waals surface area contributed by atoms with Crippen molar-refractivity contribution in [1.29, 1.82) is 0 Å². The van der Waals surface area contributed by atoms with E-state index in [2.05, 4.69) is 5.32 Å². The van der Waals surface area contributed by atoms with Crippen LogP contribution < -0.4 is 10.5 Å². The van der Waals surface area contributed by atoms with Crippen LogP contribution in [-0.2, 0) is 14.8 Å². The number of likely N-dealkylation sites (N-methyl/N-ethyl adjacent to an activating group) is 1. The maximum atomic E-state index is 13.1. The lowest BCUT2D eigenvalue weighted by Gasteiger charge is -2.24. The standard InChI is InChI=1S/C19H24FN3O3S/c1-12-9-17(27(21,25)26)10-18(13(12)2)22-19(24)11-23(4)14(3)15-5-7-16(20)8-6-15/h5-10,14H,11H2,1-4H3,(H,22,24)(H2,21,25,26). The van der Waals surface area contributed by atoms with Gasteiger partial charge in [0.2, 0.25) is 15.9 Å². The highest BCUT2D eigenvalue weighted by molar-refractivity contribution is 7.89. The first kappa shape index (κ1) is 21.0. The molecule has 2 aromatic rings. The van der Waals surface area contributed by atoms with Crippen molar-refractivity contribution < 1.29 is 17.6 Å². The Morgan fingerprint density at radius 3 is 2.37 bits per heavy atom. The number of hydrogen-bond donors (Lipinski definition) is 2. The maximum Gasteiger partial charge on any atom is 0.238 e. The molecule has 0 saturated carbocycles. The Morgan fingerprint density at radius 2 is 1.81 bits per heavy atom. The number of benzene rings is 2. The quantitative estimate of drug-likeness (QED) is 0.789. The summed E-state index contributed by atoms with van der Waals surface area (Å²) >= 11 is 0. The minimum Gasteiger partial charge on any atom is -0.325 e. The number of nitrogens with two attached hydrogens (primary N) is 1. The first-order valence-electron chi connectivity index (χ1n) is 8.38. The fourth-order valence-electron chi connectivity index (χ4n) is 2.67. The lowest BCUT2D eigenvalue weighted by molar-refractivity contribution is -0.117. The molecule has 3 N–H and O–H groups in total. The van der Waals surface area contributed by atoms with Gasteiger partial charge in [0, 0.05) is 11.7 Å². The third-order valence-electron chi connectivity index (χ3n) is 4.65. The van der Waals surface area contributed by atoms with Gasteiger partial charge in [0.15, 0.2) is 0 Å². The van der Waals surface area contributed by atoms with Crippen LogP contribution in [0.3, 0.4) is 0 Å². The van der Waals surface area contributed by atoms with E-state index in [9.17, 15) is 17.6 Å². The number of primary sulfonamides is 1. The molecule has 1 amide bonds. The summed E-state index contributed by atoms with van der Waals surface area (Å²) in [4.78, 5) is 14.2. The van der Waals surface area contributed by atoms with E-state index in [1.807, 2.05) is 11.8 Å². The van der Waals surface area contributed by atoms with Crippen molar-refractivity contribution in [3.05, 3.63) is 58.9 Å². The van der Waals surface area contributed by atoms with Crippen LogP contribution in [0.15, 0.2) is 41.3 Å². The summed E-state index contributed by atoms with van der Waals surface area (Å²) in [6.45, 7) is 5.54. The number of halogens is 1. The van der Waals surface area contributed by atoms with Crippen LogP contribution >= 0.6 is 0 Å². The molecule has 1 unspecified atom stereocenters. The van der Waals surface area contributed by atoms with Crippen molar-refractivity contribution >= 4 is 21.6 Å². The number of nitrogens with zero attached hydrogens (tertiary/aromatic N) is 1. The van der Waals surface area contributed by atoms with Gasteiger partial charge in [-0.2, -0.15) is 0 Å². The molecule has 0 radical (unpaired) electrons. The van der Waals surface area contributed by atoms with E-state index in [1.54, 1.807) is 33.0 Å².